The first kappa shape index (κ1) is 36.1. The van der Waals surface area contributed by atoms with Crippen LogP contribution in [0.5, 0.6) is 0 Å². The van der Waals surface area contributed by atoms with E-state index in [1.165, 1.54) is 36.5 Å². The Morgan fingerprint density at radius 3 is 1.72 bits per heavy atom. The summed E-state index contributed by atoms with van der Waals surface area (Å²) < 4.78 is 0. The monoisotopic (exact) mass is 710 g/mol. The maximum Gasteiger partial charge on any atom is 0.295 e. The van der Waals surface area contributed by atoms with Gasteiger partial charge in [0.15, 0.2) is 0 Å². The van der Waals surface area contributed by atoms with Gasteiger partial charge in [-0.1, -0.05) is 109 Å². The lowest BCUT2D eigenvalue weighted by Gasteiger charge is -2.19. The van der Waals surface area contributed by atoms with Crippen molar-refractivity contribution in [2.24, 2.45) is 0 Å². The number of nitrogens with one attached hydrogen (secondary N) is 1. The van der Waals surface area contributed by atoms with E-state index in [0.717, 1.165) is 43.2 Å². The molecule has 0 spiro atoms. The Balaban J connectivity index is 0.000000159. The van der Waals surface area contributed by atoms with E-state index in [1.54, 1.807) is 30.3 Å². The summed E-state index contributed by atoms with van der Waals surface area (Å²) in [6, 6.07) is 35.5. The molecule has 0 bridgehead atoms. The molecule has 8 rings (SSSR count). The molecular weight excluding hydrogens is 675 g/mol. The smallest absolute Gasteiger partial charge is 0.295 e. The average Bonchev–Trinajstić information content (AvgIpc) is 3.87. The van der Waals surface area contributed by atoms with Crippen molar-refractivity contribution in [3.63, 3.8) is 0 Å². The minimum Gasteiger partial charge on any atom is -0.355 e. The Kier molecular flexibility index (Phi) is 12.3. The molecule has 2 saturated heterocycles. The zero-order valence-electron chi connectivity index (χ0n) is 27.1. The first-order chi connectivity index (χ1) is 23.9. The zero-order chi connectivity index (χ0) is 34.2. The number of halogens is 2. The topological polar surface area (TPSA) is 127 Å². The van der Waals surface area contributed by atoms with Gasteiger partial charge in [-0.25, -0.2) is 9.97 Å². The molecule has 1 N–H and O–H groups in total. The van der Waals surface area contributed by atoms with Crippen LogP contribution in [0.25, 0.3) is 21.5 Å². The van der Waals surface area contributed by atoms with Crippen molar-refractivity contribution < 1.29 is 9.85 Å². The normalized spacial score (nSPS) is 16.5. The number of aromatic nitrogens is 2. The molecule has 0 radical (unpaired) electrons. The van der Waals surface area contributed by atoms with Gasteiger partial charge in [0.1, 0.15) is 23.4 Å². The van der Waals surface area contributed by atoms with Crippen molar-refractivity contribution >= 4 is 62.7 Å². The lowest BCUT2D eigenvalue weighted by Crippen LogP contribution is -2.20. The quantitative estimate of drug-likeness (QED) is 0.107. The van der Waals surface area contributed by atoms with E-state index in [-0.39, 0.29) is 33.9 Å². The van der Waals surface area contributed by atoms with E-state index >= 15 is 0 Å². The Morgan fingerprint density at radius 2 is 1.16 bits per heavy atom. The van der Waals surface area contributed by atoms with Crippen molar-refractivity contribution in [3.8, 4) is 0 Å². The first-order valence-corrected chi connectivity index (χ1v) is 16.5. The molecule has 4 aromatic carbocycles. The number of pyridine rings is 2. The van der Waals surface area contributed by atoms with Gasteiger partial charge in [-0.05, 0) is 48.6 Å². The van der Waals surface area contributed by atoms with Crippen LogP contribution in [0.3, 0.4) is 0 Å². The predicted molar refractivity (Wildman–Crippen MR) is 202 cm³/mol. The third kappa shape index (κ3) is 8.34. The lowest BCUT2D eigenvalue weighted by atomic mass is 9.99. The Hall–Kier alpha value is -5.16. The molecule has 12 heteroatoms. The van der Waals surface area contributed by atoms with Gasteiger partial charge in [0.25, 0.3) is 11.4 Å². The van der Waals surface area contributed by atoms with Gasteiger partial charge in [-0.15, -0.1) is 12.4 Å². The van der Waals surface area contributed by atoms with E-state index in [9.17, 15) is 20.2 Å². The molecule has 2 aliphatic heterocycles. The minimum absolute atomic E-state index is 0. The van der Waals surface area contributed by atoms with Crippen molar-refractivity contribution in [2.45, 2.75) is 24.7 Å². The number of hydrogen-bond donors (Lipinski definition) is 1. The minimum atomic E-state index is -0.467. The van der Waals surface area contributed by atoms with E-state index in [1.807, 2.05) is 24.3 Å². The second kappa shape index (κ2) is 17.0. The fourth-order valence-electron chi connectivity index (χ4n) is 6.46. The Morgan fingerprint density at radius 1 is 0.660 bits per heavy atom. The summed E-state index contributed by atoms with van der Waals surface area (Å²) in [7, 11) is 0. The van der Waals surface area contributed by atoms with Crippen molar-refractivity contribution in [1.29, 1.82) is 0 Å². The average molecular weight is 712 g/mol. The maximum atomic E-state index is 11.2. The lowest BCUT2D eigenvalue weighted by molar-refractivity contribution is -0.383. The molecule has 2 aromatic heterocycles. The van der Waals surface area contributed by atoms with E-state index in [4.69, 9.17) is 11.6 Å². The highest BCUT2D eigenvalue weighted by Crippen LogP contribution is 2.36. The van der Waals surface area contributed by atoms with Gasteiger partial charge in [0.05, 0.1) is 20.6 Å². The van der Waals surface area contributed by atoms with Crippen LogP contribution < -0.4 is 10.2 Å². The summed E-state index contributed by atoms with van der Waals surface area (Å²) in [4.78, 5) is 31.5. The molecule has 0 unspecified atom stereocenters. The van der Waals surface area contributed by atoms with Crippen molar-refractivity contribution in [1.82, 2.24) is 15.3 Å². The Bertz CT molecular complexity index is 2060. The summed E-state index contributed by atoms with van der Waals surface area (Å²) in [5.41, 5.74) is 2.86. The molecule has 2 fully saturated rings. The molecule has 10 nitrogen and oxygen atoms in total. The number of benzene rings is 4. The number of hydrogen-bond acceptors (Lipinski definition) is 8. The number of anilines is 1. The number of nitrogens with zero attached hydrogens (tertiary/aromatic N) is 5. The first-order valence-electron chi connectivity index (χ1n) is 16.2. The fourth-order valence-corrected chi connectivity index (χ4v) is 6.68. The highest BCUT2D eigenvalue weighted by Gasteiger charge is 2.27. The van der Waals surface area contributed by atoms with Crippen LogP contribution in [0.4, 0.5) is 17.2 Å². The third-order valence-corrected chi connectivity index (χ3v) is 9.26. The molecule has 0 aliphatic carbocycles. The van der Waals surface area contributed by atoms with Gasteiger partial charge in [0, 0.05) is 36.3 Å². The fraction of sp³-hybridized carbons (Fsp3) is 0.211. The van der Waals surface area contributed by atoms with Gasteiger partial charge < -0.3 is 10.2 Å². The largest absolute Gasteiger partial charge is 0.355 e. The predicted octanol–water partition coefficient (Wildman–Crippen LogP) is 9.12. The van der Waals surface area contributed by atoms with Crippen LogP contribution in [-0.2, 0) is 0 Å². The van der Waals surface area contributed by atoms with Crippen LogP contribution in [-0.4, -0.2) is 46.0 Å². The Labute approximate surface area is 300 Å². The third-order valence-electron chi connectivity index (χ3n) is 8.96. The number of rotatable bonds is 5. The molecule has 50 heavy (non-hydrogen) atoms. The number of fused-ring (bicyclic) bond motifs is 2. The van der Waals surface area contributed by atoms with E-state index in [0.29, 0.717) is 22.1 Å². The van der Waals surface area contributed by atoms with Crippen LogP contribution >= 0.6 is 24.0 Å². The van der Waals surface area contributed by atoms with E-state index in [2.05, 4.69) is 74.8 Å². The molecule has 2 aliphatic rings. The summed E-state index contributed by atoms with van der Waals surface area (Å²) in [5, 5.41) is 28.1. The van der Waals surface area contributed by atoms with Gasteiger partial charge in [-0.3, -0.25) is 20.2 Å². The molecule has 4 heterocycles. The van der Waals surface area contributed by atoms with Crippen LogP contribution in [0.1, 0.15) is 35.8 Å². The molecule has 0 saturated carbocycles. The van der Waals surface area contributed by atoms with Crippen LogP contribution in [0.15, 0.2) is 122 Å². The molecule has 256 valence electrons. The van der Waals surface area contributed by atoms with Gasteiger partial charge in [-0.2, -0.15) is 0 Å². The maximum absolute atomic E-state index is 11.2. The van der Waals surface area contributed by atoms with Crippen LogP contribution in [0.2, 0.25) is 5.15 Å². The summed E-state index contributed by atoms with van der Waals surface area (Å²) in [5.74, 6) is 2.08. The highest BCUT2D eigenvalue weighted by atomic mass is 35.5. The van der Waals surface area contributed by atoms with E-state index < -0.39 is 4.92 Å². The molecule has 2 atom stereocenters. The number of nitro groups is 2. The van der Waals surface area contributed by atoms with Crippen LogP contribution in [0, 0.1) is 20.2 Å². The molecule has 0 amide bonds. The van der Waals surface area contributed by atoms with Gasteiger partial charge >= 0.3 is 0 Å². The molecular formula is C38H36Cl2N6O4. The summed E-state index contributed by atoms with van der Waals surface area (Å²) in [6.45, 7) is 4.14. The van der Waals surface area contributed by atoms with Crippen molar-refractivity contribution in [2.75, 3.05) is 31.1 Å². The standard InChI is InChI=1S/C19H17N3O2.C10H13N.C9H5ClN2O2.ClH/c23-22(24)18-12-20-19(17-9-5-4-8-16(17)18)21-11-10-15(13-21)14-6-2-1-3-7-14;1-2-4-9(5-3-1)10-6-7-11-8-10;10-9-7-4-2-1-3-6(7)8(5-11-9)12(13)14;/h1-9,12,15H,10-11,13H2;1-5,10-11H,6-8H2;1-5H;1H/t15-;10-;;/m00../s1. The molecule has 6 aromatic rings. The second-order valence-electron chi connectivity index (χ2n) is 11.9. The van der Waals surface area contributed by atoms with Crippen molar-refractivity contribution in [3.05, 3.63) is 158 Å². The summed E-state index contributed by atoms with van der Waals surface area (Å²) >= 11 is 5.80. The highest BCUT2D eigenvalue weighted by molar-refractivity contribution is 6.34. The van der Waals surface area contributed by atoms with Gasteiger partial charge in [0.2, 0.25) is 0 Å². The zero-order valence-corrected chi connectivity index (χ0v) is 28.7. The SMILES string of the molecule is Cl.O=[N+]([O-])c1cnc(Cl)c2ccccc12.O=[N+]([O-])c1cnc(N2CC[C@H](c3ccccc3)C2)c2ccccc12.c1ccc([C@H]2CCNC2)cc1. The second-order valence-corrected chi connectivity index (χ2v) is 12.3. The summed E-state index contributed by atoms with van der Waals surface area (Å²) in [6.07, 6.45) is 4.92.